The van der Waals surface area contributed by atoms with Crippen molar-refractivity contribution in [1.82, 2.24) is 5.32 Å². The molecule has 0 unspecified atom stereocenters. The average molecular weight is 159 g/mol. The molecule has 0 aromatic heterocycles. The van der Waals surface area contributed by atoms with Gasteiger partial charge < -0.3 is 15.2 Å². The highest BCUT2D eigenvalue weighted by Gasteiger charge is 2.23. The maximum Gasteiger partial charge on any atom is 0.217 e. The number of amides is 1. The van der Waals surface area contributed by atoms with Crippen LogP contribution in [-0.4, -0.2) is 36.4 Å². The lowest BCUT2D eigenvalue weighted by molar-refractivity contribution is -0.122. The fourth-order valence-corrected chi connectivity index (χ4v) is 1.13. The molecule has 1 rings (SSSR count). The highest BCUT2D eigenvalue weighted by Crippen LogP contribution is 2.06. The van der Waals surface area contributed by atoms with Crippen molar-refractivity contribution < 1.29 is 14.6 Å². The first kappa shape index (κ1) is 8.49. The molecule has 0 bridgehead atoms. The van der Waals surface area contributed by atoms with Gasteiger partial charge >= 0.3 is 0 Å². The van der Waals surface area contributed by atoms with Crippen molar-refractivity contribution in [2.45, 2.75) is 25.5 Å². The molecule has 2 atom stereocenters. The Balaban J connectivity index is 2.35. The molecule has 0 saturated carbocycles. The largest absolute Gasteiger partial charge is 0.391 e. The lowest BCUT2D eigenvalue weighted by Gasteiger charge is -2.27. The smallest absolute Gasteiger partial charge is 0.217 e. The Morgan fingerprint density at radius 2 is 2.45 bits per heavy atom. The van der Waals surface area contributed by atoms with E-state index in [0.717, 1.165) is 0 Å². The van der Waals surface area contributed by atoms with E-state index < -0.39 is 6.10 Å². The quantitative estimate of drug-likeness (QED) is 0.530. The van der Waals surface area contributed by atoms with Crippen LogP contribution in [0.2, 0.25) is 0 Å². The Morgan fingerprint density at radius 3 is 3.00 bits per heavy atom. The van der Waals surface area contributed by atoms with Gasteiger partial charge in [-0.2, -0.15) is 0 Å². The summed E-state index contributed by atoms with van der Waals surface area (Å²) in [4.78, 5) is 10.6. The molecule has 4 heteroatoms. The predicted molar refractivity (Wildman–Crippen MR) is 39.0 cm³/mol. The Labute approximate surface area is 65.5 Å². The number of nitrogens with one attached hydrogen (secondary N) is 1. The van der Waals surface area contributed by atoms with Crippen LogP contribution >= 0.6 is 0 Å². The van der Waals surface area contributed by atoms with Crippen LogP contribution in [0.1, 0.15) is 13.3 Å². The maximum atomic E-state index is 10.6. The zero-order chi connectivity index (χ0) is 8.27. The summed E-state index contributed by atoms with van der Waals surface area (Å²) in [5.74, 6) is -0.125. The normalized spacial score (nSPS) is 31.5. The zero-order valence-corrected chi connectivity index (χ0v) is 6.54. The van der Waals surface area contributed by atoms with Crippen LogP contribution in [0.3, 0.4) is 0 Å². The Kier molecular flexibility index (Phi) is 2.84. The van der Waals surface area contributed by atoms with E-state index in [2.05, 4.69) is 5.32 Å². The first-order chi connectivity index (χ1) is 5.20. The van der Waals surface area contributed by atoms with Crippen molar-refractivity contribution >= 4 is 5.91 Å². The molecule has 1 aliphatic heterocycles. The average Bonchev–Trinajstić information content (AvgIpc) is 1.93. The van der Waals surface area contributed by atoms with Gasteiger partial charge in [-0.1, -0.05) is 0 Å². The molecular formula is C7H13NO3. The second-order valence-electron chi connectivity index (χ2n) is 2.74. The third kappa shape index (κ3) is 2.48. The number of rotatable bonds is 1. The fourth-order valence-electron chi connectivity index (χ4n) is 1.13. The molecule has 0 spiro atoms. The number of ether oxygens (including phenoxy) is 1. The summed E-state index contributed by atoms with van der Waals surface area (Å²) in [6, 6.07) is -0.221. The van der Waals surface area contributed by atoms with Gasteiger partial charge in [0.15, 0.2) is 0 Å². The van der Waals surface area contributed by atoms with Crippen LogP contribution < -0.4 is 5.32 Å². The zero-order valence-electron chi connectivity index (χ0n) is 6.54. The van der Waals surface area contributed by atoms with Crippen molar-refractivity contribution in [3.63, 3.8) is 0 Å². The van der Waals surface area contributed by atoms with Gasteiger partial charge in [0.1, 0.15) is 0 Å². The third-order valence-electron chi connectivity index (χ3n) is 1.71. The van der Waals surface area contributed by atoms with Gasteiger partial charge in [0, 0.05) is 13.5 Å². The molecule has 1 amide bonds. The minimum absolute atomic E-state index is 0.125. The van der Waals surface area contributed by atoms with E-state index in [9.17, 15) is 9.90 Å². The highest BCUT2D eigenvalue weighted by molar-refractivity contribution is 5.73. The Bertz CT molecular complexity index is 149. The van der Waals surface area contributed by atoms with Crippen LogP contribution in [0.5, 0.6) is 0 Å². The van der Waals surface area contributed by atoms with Crippen molar-refractivity contribution in [3.8, 4) is 0 Å². The molecule has 2 N–H and O–H groups in total. The monoisotopic (exact) mass is 159 g/mol. The number of hydrogen-bond donors (Lipinski definition) is 2. The van der Waals surface area contributed by atoms with E-state index in [1.165, 1.54) is 6.92 Å². The van der Waals surface area contributed by atoms with Gasteiger partial charge in [-0.3, -0.25) is 4.79 Å². The van der Waals surface area contributed by atoms with E-state index in [-0.39, 0.29) is 11.9 Å². The summed E-state index contributed by atoms with van der Waals surface area (Å²) >= 11 is 0. The number of aliphatic hydroxyl groups is 1. The molecule has 1 aliphatic rings. The van der Waals surface area contributed by atoms with Gasteiger partial charge in [-0.05, 0) is 6.42 Å². The predicted octanol–water partition coefficient (Wildman–Crippen LogP) is -0.728. The Morgan fingerprint density at radius 1 is 1.73 bits per heavy atom. The molecule has 0 aromatic rings. The van der Waals surface area contributed by atoms with E-state index >= 15 is 0 Å². The lowest BCUT2D eigenvalue weighted by atomic mass is 10.1. The van der Waals surface area contributed by atoms with E-state index in [1.54, 1.807) is 0 Å². The summed E-state index contributed by atoms with van der Waals surface area (Å²) in [6.45, 7) is 2.43. The summed E-state index contributed by atoms with van der Waals surface area (Å²) in [7, 11) is 0. The molecule has 0 radical (unpaired) electrons. The molecule has 11 heavy (non-hydrogen) atoms. The van der Waals surface area contributed by atoms with Gasteiger partial charge in [0.05, 0.1) is 18.8 Å². The van der Waals surface area contributed by atoms with Gasteiger partial charge in [-0.15, -0.1) is 0 Å². The Hall–Kier alpha value is -0.610. The molecule has 64 valence electrons. The summed E-state index contributed by atoms with van der Waals surface area (Å²) in [5, 5.41) is 11.9. The first-order valence-corrected chi connectivity index (χ1v) is 3.73. The summed E-state index contributed by atoms with van der Waals surface area (Å²) in [6.07, 6.45) is 0.151. The molecular weight excluding hydrogens is 146 g/mol. The molecule has 1 heterocycles. The van der Waals surface area contributed by atoms with Crippen LogP contribution in [0.25, 0.3) is 0 Å². The highest BCUT2D eigenvalue weighted by atomic mass is 16.5. The van der Waals surface area contributed by atoms with Gasteiger partial charge in [0.2, 0.25) is 5.91 Å². The van der Waals surface area contributed by atoms with Gasteiger partial charge in [0.25, 0.3) is 0 Å². The summed E-state index contributed by atoms with van der Waals surface area (Å²) < 4.78 is 5.08. The van der Waals surface area contributed by atoms with Crippen molar-refractivity contribution in [1.29, 1.82) is 0 Å². The van der Waals surface area contributed by atoms with E-state index in [1.807, 2.05) is 0 Å². The molecule has 4 nitrogen and oxygen atoms in total. The molecule has 0 aromatic carbocycles. The number of carbonyl (C=O) groups is 1. The van der Waals surface area contributed by atoms with Crippen molar-refractivity contribution in [2.24, 2.45) is 0 Å². The second-order valence-corrected chi connectivity index (χ2v) is 2.74. The SMILES string of the molecule is CC(=O)N[C@H]1COCC[C@@H]1O. The minimum Gasteiger partial charge on any atom is -0.391 e. The number of carbonyl (C=O) groups excluding carboxylic acids is 1. The van der Waals surface area contributed by atoms with Crippen LogP contribution in [-0.2, 0) is 9.53 Å². The third-order valence-corrected chi connectivity index (χ3v) is 1.71. The van der Waals surface area contributed by atoms with Crippen LogP contribution in [0, 0.1) is 0 Å². The molecule has 1 fully saturated rings. The van der Waals surface area contributed by atoms with E-state index in [0.29, 0.717) is 19.6 Å². The molecule has 1 saturated heterocycles. The van der Waals surface area contributed by atoms with Crippen molar-refractivity contribution in [2.75, 3.05) is 13.2 Å². The second kappa shape index (κ2) is 3.69. The van der Waals surface area contributed by atoms with Gasteiger partial charge in [-0.25, -0.2) is 0 Å². The summed E-state index contributed by atoms with van der Waals surface area (Å²) in [5.41, 5.74) is 0. The standard InChI is InChI=1S/C7H13NO3/c1-5(9)8-6-4-11-3-2-7(6)10/h6-7,10H,2-4H2,1H3,(H,8,9)/t6-,7-/m0/s1. The van der Waals surface area contributed by atoms with Crippen LogP contribution in [0.15, 0.2) is 0 Å². The molecule has 0 aliphatic carbocycles. The van der Waals surface area contributed by atoms with Crippen LogP contribution in [0.4, 0.5) is 0 Å². The fraction of sp³-hybridized carbons (Fsp3) is 0.857. The lowest BCUT2D eigenvalue weighted by Crippen LogP contribution is -2.48. The minimum atomic E-state index is -0.451. The number of aliphatic hydroxyl groups excluding tert-OH is 1. The van der Waals surface area contributed by atoms with Crippen molar-refractivity contribution in [3.05, 3.63) is 0 Å². The number of hydrogen-bond acceptors (Lipinski definition) is 3. The van der Waals surface area contributed by atoms with E-state index in [4.69, 9.17) is 4.74 Å². The topological polar surface area (TPSA) is 58.6 Å². The maximum absolute atomic E-state index is 10.6. The first-order valence-electron chi connectivity index (χ1n) is 3.73.